The molecule has 7 heteroatoms. The summed E-state index contributed by atoms with van der Waals surface area (Å²) in [5, 5.41) is 7.11. The summed E-state index contributed by atoms with van der Waals surface area (Å²) in [5.74, 6) is 2.11. The van der Waals surface area contributed by atoms with Crippen molar-refractivity contribution in [3.8, 4) is 11.5 Å². The van der Waals surface area contributed by atoms with Crippen LogP contribution >= 0.6 is 0 Å². The molecule has 0 saturated carbocycles. The number of benzene rings is 2. The quantitative estimate of drug-likeness (QED) is 0.381. The smallest absolute Gasteiger partial charge is 0.224 e. The third-order valence-corrected chi connectivity index (χ3v) is 4.95. The van der Waals surface area contributed by atoms with Crippen LogP contribution in [0, 0.1) is 13.8 Å². The molecule has 0 saturated heterocycles. The highest BCUT2D eigenvalue weighted by Crippen LogP contribution is 2.30. The number of nitrogens with zero attached hydrogens (tertiary/aromatic N) is 3. The summed E-state index contributed by atoms with van der Waals surface area (Å²) in [6, 6.07) is 15.3. The van der Waals surface area contributed by atoms with Gasteiger partial charge in [-0.15, -0.1) is 0 Å². The molecule has 0 aliphatic rings. The van der Waals surface area contributed by atoms with Gasteiger partial charge in [-0.25, -0.2) is 9.97 Å². The van der Waals surface area contributed by atoms with E-state index in [2.05, 4.69) is 25.6 Å². The molecule has 7 nitrogen and oxygen atoms in total. The van der Waals surface area contributed by atoms with Gasteiger partial charge in [0.25, 0.3) is 0 Å². The Bertz CT molecular complexity index is 1260. The Balaban J connectivity index is 1.56. The van der Waals surface area contributed by atoms with Gasteiger partial charge in [0.2, 0.25) is 5.91 Å². The standard InChI is InChI=1S/C25H25N5O2/c1-4-5-24(31)29-19-7-10-22-21(13-19)25(28-15-27-22)30-18-8-11-23(16(2)12-18)32-20-9-6-17(3)26-14-20/h6-15H,4-5H2,1-3H3,(H,29,31)(H,27,28,30). The number of aromatic nitrogens is 3. The molecule has 0 fully saturated rings. The molecular formula is C25H25N5O2. The lowest BCUT2D eigenvalue weighted by atomic mass is 10.1. The second-order valence-electron chi connectivity index (χ2n) is 7.60. The predicted octanol–water partition coefficient (Wildman–Crippen LogP) is 5.92. The molecule has 2 heterocycles. The van der Waals surface area contributed by atoms with Gasteiger partial charge in [0.05, 0.1) is 11.7 Å². The SMILES string of the molecule is CCCC(=O)Nc1ccc2ncnc(Nc3ccc(Oc4ccc(C)nc4)c(C)c3)c2c1. The number of carbonyl (C=O) groups is 1. The first-order valence-electron chi connectivity index (χ1n) is 10.5. The van der Waals surface area contributed by atoms with Crippen molar-refractivity contribution < 1.29 is 9.53 Å². The van der Waals surface area contributed by atoms with Gasteiger partial charge in [0.15, 0.2) is 0 Å². The number of carbonyl (C=O) groups excluding carboxylic acids is 1. The van der Waals surface area contributed by atoms with Gasteiger partial charge in [-0.05, 0) is 74.4 Å². The van der Waals surface area contributed by atoms with E-state index < -0.39 is 0 Å². The van der Waals surface area contributed by atoms with Crippen molar-refractivity contribution in [3.05, 3.63) is 72.3 Å². The summed E-state index contributed by atoms with van der Waals surface area (Å²) < 4.78 is 5.96. The predicted molar refractivity (Wildman–Crippen MR) is 127 cm³/mol. The van der Waals surface area contributed by atoms with Gasteiger partial charge in [-0.3, -0.25) is 9.78 Å². The summed E-state index contributed by atoms with van der Waals surface area (Å²) in [4.78, 5) is 25.0. The van der Waals surface area contributed by atoms with E-state index in [0.29, 0.717) is 18.0 Å². The van der Waals surface area contributed by atoms with Crippen LogP contribution in [-0.4, -0.2) is 20.9 Å². The molecule has 162 valence electrons. The van der Waals surface area contributed by atoms with Crippen molar-refractivity contribution in [2.45, 2.75) is 33.6 Å². The second kappa shape index (κ2) is 9.43. The van der Waals surface area contributed by atoms with Gasteiger partial charge >= 0.3 is 0 Å². The van der Waals surface area contributed by atoms with E-state index in [1.807, 2.05) is 69.3 Å². The van der Waals surface area contributed by atoms with Crippen LogP contribution in [0.15, 0.2) is 61.1 Å². The molecule has 0 bridgehead atoms. The van der Waals surface area contributed by atoms with Crippen LogP contribution < -0.4 is 15.4 Å². The van der Waals surface area contributed by atoms with E-state index in [1.54, 1.807) is 6.20 Å². The Morgan fingerprint density at radius 2 is 1.81 bits per heavy atom. The highest BCUT2D eigenvalue weighted by atomic mass is 16.5. The van der Waals surface area contributed by atoms with Gasteiger partial charge in [0, 0.05) is 28.9 Å². The zero-order chi connectivity index (χ0) is 22.5. The van der Waals surface area contributed by atoms with Crippen molar-refractivity contribution >= 4 is 34.0 Å². The van der Waals surface area contributed by atoms with Gasteiger partial charge in [-0.2, -0.15) is 0 Å². The second-order valence-corrected chi connectivity index (χ2v) is 7.60. The Morgan fingerprint density at radius 1 is 0.969 bits per heavy atom. The Hall–Kier alpha value is -4.00. The zero-order valence-corrected chi connectivity index (χ0v) is 18.3. The minimum absolute atomic E-state index is 0.00630. The maximum Gasteiger partial charge on any atom is 0.224 e. The van der Waals surface area contributed by atoms with Crippen molar-refractivity contribution in [3.63, 3.8) is 0 Å². The summed E-state index contributed by atoms with van der Waals surface area (Å²) in [5.41, 5.74) is 4.30. The van der Waals surface area contributed by atoms with Gasteiger partial charge in [-0.1, -0.05) is 6.92 Å². The summed E-state index contributed by atoms with van der Waals surface area (Å²) in [6.07, 6.45) is 4.52. The summed E-state index contributed by atoms with van der Waals surface area (Å²) in [6.45, 7) is 5.90. The number of pyridine rings is 1. The molecule has 4 aromatic rings. The summed E-state index contributed by atoms with van der Waals surface area (Å²) in [7, 11) is 0. The fourth-order valence-electron chi connectivity index (χ4n) is 3.30. The number of hydrogen-bond donors (Lipinski definition) is 2. The van der Waals surface area contributed by atoms with Crippen LogP contribution in [0.5, 0.6) is 11.5 Å². The normalized spacial score (nSPS) is 10.7. The van der Waals surface area contributed by atoms with Crippen molar-refractivity contribution in [1.29, 1.82) is 0 Å². The maximum absolute atomic E-state index is 12.0. The Morgan fingerprint density at radius 3 is 2.56 bits per heavy atom. The van der Waals surface area contributed by atoms with Crippen LogP contribution in [0.1, 0.15) is 31.0 Å². The van der Waals surface area contributed by atoms with Crippen LogP contribution in [0.3, 0.4) is 0 Å². The zero-order valence-electron chi connectivity index (χ0n) is 18.3. The highest BCUT2D eigenvalue weighted by molar-refractivity contribution is 5.97. The monoisotopic (exact) mass is 427 g/mol. The number of anilines is 3. The van der Waals surface area contributed by atoms with Crippen LogP contribution in [-0.2, 0) is 4.79 Å². The molecule has 1 amide bonds. The number of amides is 1. The average Bonchev–Trinajstić information content (AvgIpc) is 2.78. The number of hydrogen-bond acceptors (Lipinski definition) is 6. The van der Waals surface area contributed by atoms with E-state index >= 15 is 0 Å². The number of ether oxygens (including phenoxy) is 1. The van der Waals surface area contributed by atoms with Crippen LogP contribution in [0.4, 0.5) is 17.2 Å². The number of nitrogens with one attached hydrogen (secondary N) is 2. The molecule has 0 radical (unpaired) electrons. The molecule has 0 atom stereocenters. The molecule has 2 aromatic heterocycles. The first kappa shape index (κ1) is 21.2. The first-order chi connectivity index (χ1) is 15.5. The third-order valence-electron chi connectivity index (χ3n) is 4.95. The van der Waals surface area contributed by atoms with Gasteiger partial charge < -0.3 is 15.4 Å². The van der Waals surface area contributed by atoms with E-state index in [0.717, 1.165) is 45.7 Å². The molecule has 32 heavy (non-hydrogen) atoms. The Labute approximate surface area is 186 Å². The lowest BCUT2D eigenvalue weighted by Gasteiger charge is -2.13. The van der Waals surface area contributed by atoms with Crippen molar-refractivity contribution in [2.24, 2.45) is 0 Å². The van der Waals surface area contributed by atoms with E-state index in [-0.39, 0.29) is 5.91 Å². The molecule has 4 rings (SSSR count). The first-order valence-corrected chi connectivity index (χ1v) is 10.5. The number of fused-ring (bicyclic) bond motifs is 1. The third kappa shape index (κ3) is 5.00. The molecule has 0 spiro atoms. The lowest BCUT2D eigenvalue weighted by Crippen LogP contribution is -2.10. The lowest BCUT2D eigenvalue weighted by molar-refractivity contribution is -0.116. The minimum atomic E-state index is -0.00630. The van der Waals surface area contributed by atoms with Crippen molar-refractivity contribution in [1.82, 2.24) is 15.0 Å². The highest BCUT2D eigenvalue weighted by Gasteiger charge is 2.09. The van der Waals surface area contributed by atoms with E-state index in [1.165, 1.54) is 6.33 Å². The Kier molecular flexibility index (Phi) is 6.26. The molecule has 0 aliphatic carbocycles. The van der Waals surface area contributed by atoms with Crippen LogP contribution in [0.25, 0.3) is 10.9 Å². The van der Waals surface area contributed by atoms with Crippen molar-refractivity contribution in [2.75, 3.05) is 10.6 Å². The number of aryl methyl sites for hydroxylation is 2. The summed E-state index contributed by atoms with van der Waals surface area (Å²) >= 11 is 0. The largest absolute Gasteiger partial charge is 0.455 e. The maximum atomic E-state index is 12.0. The molecule has 0 unspecified atom stereocenters. The number of rotatable bonds is 7. The van der Waals surface area contributed by atoms with Gasteiger partial charge in [0.1, 0.15) is 23.6 Å². The molecule has 0 aliphatic heterocycles. The van der Waals surface area contributed by atoms with Crippen LogP contribution in [0.2, 0.25) is 0 Å². The fraction of sp³-hybridized carbons (Fsp3) is 0.200. The van der Waals surface area contributed by atoms with E-state index in [9.17, 15) is 4.79 Å². The van der Waals surface area contributed by atoms with E-state index in [4.69, 9.17) is 4.74 Å². The average molecular weight is 428 g/mol. The molecule has 2 aromatic carbocycles. The fourth-order valence-corrected chi connectivity index (χ4v) is 3.30. The molecular weight excluding hydrogens is 402 g/mol. The molecule has 2 N–H and O–H groups in total. The minimum Gasteiger partial charge on any atom is -0.455 e. The topological polar surface area (TPSA) is 89.0 Å².